The van der Waals surface area contributed by atoms with Gasteiger partial charge in [-0.2, -0.15) is 5.26 Å². The molecule has 2 aromatic carbocycles. The summed E-state index contributed by atoms with van der Waals surface area (Å²) in [6, 6.07) is 14.8. The molecule has 2 rings (SSSR count). The monoisotopic (exact) mass is 272 g/mol. The largest absolute Gasteiger partial charge is 0.456 e. The van der Waals surface area contributed by atoms with E-state index in [1.807, 2.05) is 31.3 Å². The summed E-state index contributed by atoms with van der Waals surface area (Å²) in [6.45, 7) is 0.810. The minimum absolute atomic E-state index is 0.423. The molecule has 0 unspecified atom stereocenters. The van der Waals surface area contributed by atoms with E-state index in [0.717, 1.165) is 6.54 Å². The normalized spacial score (nSPS) is 9.95. The maximum absolute atomic E-state index is 9.04. The molecule has 0 aliphatic rings. The van der Waals surface area contributed by atoms with Gasteiger partial charge in [0.1, 0.15) is 17.6 Å². The summed E-state index contributed by atoms with van der Waals surface area (Å²) in [6.07, 6.45) is 0. The fourth-order valence-electron chi connectivity index (χ4n) is 1.69. The molecule has 2 aromatic rings. The molecule has 96 valence electrons. The van der Waals surface area contributed by atoms with E-state index in [1.165, 1.54) is 5.56 Å². The van der Waals surface area contributed by atoms with Crippen molar-refractivity contribution in [3.8, 4) is 17.6 Å². The van der Waals surface area contributed by atoms with Crippen molar-refractivity contribution in [1.29, 1.82) is 5.26 Å². The van der Waals surface area contributed by atoms with Gasteiger partial charge in [-0.05, 0) is 42.9 Å². The van der Waals surface area contributed by atoms with Crippen LogP contribution >= 0.6 is 11.6 Å². The summed E-state index contributed by atoms with van der Waals surface area (Å²) in [5, 5.41) is 12.6. The zero-order valence-corrected chi connectivity index (χ0v) is 11.2. The van der Waals surface area contributed by atoms with E-state index in [-0.39, 0.29) is 0 Å². The standard InChI is InChI=1S/C15H13ClN2O/c1-18-10-11-2-5-14(6-3-11)19-15-7-4-13(16)8-12(15)9-17/h2-8,18H,10H2,1H3. The highest BCUT2D eigenvalue weighted by Gasteiger charge is 2.05. The molecule has 4 heteroatoms. The van der Waals surface area contributed by atoms with E-state index in [2.05, 4.69) is 11.4 Å². The van der Waals surface area contributed by atoms with Gasteiger partial charge in [-0.25, -0.2) is 0 Å². The minimum Gasteiger partial charge on any atom is -0.456 e. The molecule has 0 saturated heterocycles. The Labute approximate surface area is 117 Å². The number of nitrogens with one attached hydrogen (secondary N) is 1. The molecule has 1 N–H and O–H groups in total. The Hall–Kier alpha value is -2.02. The van der Waals surface area contributed by atoms with Crippen molar-refractivity contribution in [3.05, 3.63) is 58.6 Å². The van der Waals surface area contributed by atoms with E-state index < -0.39 is 0 Å². The summed E-state index contributed by atoms with van der Waals surface area (Å²) >= 11 is 5.84. The summed E-state index contributed by atoms with van der Waals surface area (Å²) < 4.78 is 5.69. The average molecular weight is 273 g/mol. The Bertz CT molecular complexity index is 603. The predicted molar refractivity (Wildman–Crippen MR) is 75.4 cm³/mol. The first-order chi connectivity index (χ1) is 9.22. The van der Waals surface area contributed by atoms with Crippen LogP contribution in [0.25, 0.3) is 0 Å². The van der Waals surface area contributed by atoms with Crippen LogP contribution in [0.5, 0.6) is 11.5 Å². The fourth-order valence-corrected chi connectivity index (χ4v) is 1.86. The number of halogens is 1. The molecule has 0 aromatic heterocycles. The SMILES string of the molecule is CNCc1ccc(Oc2ccc(Cl)cc2C#N)cc1. The number of hydrogen-bond donors (Lipinski definition) is 1. The van der Waals surface area contributed by atoms with Crippen LogP contribution in [-0.4, -0.2) is 7.05 Å². The molecule has 19 heavy (non-hydrogen) atoms. The summed E-state index contributed by atoms with van der Waals surface area (Å²) in [5.41, 5.74) is 1.60. The van der Waals surface area contributed by atoms with Crippen LogP contribution in [-0.2, 0) is 6.54 Å². The van der Waals surface area contributed by atoms with E-state index in [4.69, 9.17) is 21.6 Å². The quantitative estimate of drug-likeness (QED) is 0.922. The second kappa shape index (κ2) is 6.24. The van der Waals surface area contributed by atoms with E-state index in [1.54, 1.807) is 18.2 Å². The van der Waals surface area contributed by atoms with E-state index >= 15 is 0 Å². The van der Waals surface area contributed by atoms with Crippen LogP contribution in [0.1, 0.15) is 11.1 Å². The molecular weight excluding hydrogens is 260 g/mol. The molecule has 0 amide bonds. The van der Waals surface area contributed by atoms with Crippen LogP contribution in [0, 0.1) is 11.3 Å². The van der Waals surface area contributed by atoms with Crippen LogP contribution in [0.15, 0.2) is 42.5 Å². The number of hydrogen-bond acceptors (Lipinski definition) is 3. The predicted octanol–water partition coefficient (Wildman–Crippen LogP) is 3.72. The van der Waals surface area contributed by atoms with Gasteiger partial charge < -0.3 is 10.1 Å². The molecule has 0 radical (unpaired) electrons. The maximum Gasteiger partial charge on any atom is 0.145 e. The molecule has 0 saturated carbocycles. The average Bonchev–Trinajstić information content (AvgIpc) is 2.43. The Morgan fingerprint density at radius 2 is 1.95 bits per heavy atom. The van der Waals surface area contributed by atoms with Gasteiger partial charge in [0.2, 0.25) is 0 Å². The van der Waals surface area contributed by atoms with Crippen molar-refractivity contribution in [3.63, 3.8) is 0 Å². The van der Waals surface area contributed by atoms with E-state index in [0.29, 0.717) is 22.1 Å². The molecule has 0 bridgehead atoms. The Kier molecular flexibility index (Phi) is 4.40. The van der Waals surface area contributed by atoms with Crippen molar-refractivity contribution in [2.24, 2.45) is 0 Å². The van der Waals surface area contributed by atoms with Gasteiger partial charge in [0.05, 0.1) is 5.56 Å². The van der Waals surface area contributed by atoms with Crippen LogP contribution in [0.2, 0.25) is 5.02 Å². The zero-order chi connectivity index (χ0) is 13.7. The highest BCUT2D eigenvalue weighted by Crippen LogP contribution is 2.27. The van der Waals surface area contributed by atoms with E-state index in [9.17, 15) is 0 Å². The molecule has 0 fully saturated rings. The summed E-state index contributed by atoms with van der Waals surface area (Å²) in [4.78, 5) is 0. The Morgan fingerprint density at radius 1 is 1.21 bits per heavy atom. The van der Waals surface area contributed by atoms with Crippen molar-refractivity contribution in [2.45, 2.75) is 6.54 Å². The third kappa shape index (κ3) is 3.47. The molecule has 0 atom stereocenters. The number of nitriles is 1. The smallest absolute Gasteiger partial charge is 0.145 e. The van der Waals surface area contributed by atoms with Gasteiger partial charge >= 0.3 is 0 Å². The molecule has 0 spiro atoms. The Balaban J connectivity index is 2.19. The second-order valence-electron chi connectivity index (χ2n) is 4.03. The molecule has 0 aliphatic heterocycles. The second-order valence-corrected chi connectivity index (χ2v) is 4.47. The highest BCUT2D eigenvalue weighted by atomic mass is 35.5. The highest BCUT2D eigenvalue weighted by molar-refractivity contribution is 6.30. The lowest BCUT2D eigenvalue weighted by molar-refractivity contribution is 0.481. The first-order valence-electron chi connectivity index (χ1n) is 5.84. The van der Waals surface area contributed by atoms with Gasteiger partial charge in [-0.15, -0.1) is 0 Å². The molecular formula is C15H13ClN2O. The van der Waals surface area contributed by atoms with Crippen LogP contribution in [0.4, 0.5) is 0 Å². The van der Waals surface area contributed by atoms with Gasteiger partial charge in [0.15, 0.2) is 0 Å². The first-order valence-corrected chi connectivity index (χ1v) is 6.22. The maximum atomic E-state index is 9.04. The number of nitrogens with zero attached hydrogens (tertiary/aromatic N) is 1. The lowest BCUT2D eigenvalue weighted by Gasteiger charge is -2.08. The number of ether oxygens (including phenoxy) is 1. The van der Waals surface area contributed by atoms with Gasteiger partial charge in [-0.3, -0.25) is 0 Å². The minimum atomic E-state index is 0.423. The Morgan fingerprint density at radius 3 is 2.58 bits per heavy atom. The number of rotatable bonds is 4. The zero-order valence-electron chi connectivity index (χ0n) is 10.5. The number of benzene rings is 2. The van der Waals surface area contributed by atoms with Gasteiger partial charge in [0.25, 0.3) is 0 Å². The third-order valence-corrected chi connectivity index (χ3v) is 2.83. The molecule has 3 nitrogen and oxygen atoms in total. The fraction of sp³-hybridized carbons (Fsp3) is 0.133. The van der Waals surface area contributed by atoms with Crippen molar-refractivity contribution in [2.75, 3.05) is 7.05 Å². The van der Waals surface area contributed by atoms with Gasteiger partial charge in [-0.1, -0.05) is 23.7 Å². The van der Waals surface area contributed by atoms with Crippen molar-refractivity contribution in [1.82, 2.24) is 5.32 Å². The lowest BCUT2D eigenvalue weighted by atomic mass is 10.2. The molecule has 0 aliphatic carbocycles. The summed E-state index contributed by atoms with van der Waals surface area (Å²) in [5.74, 6) is 1.20. The van der Waals surface area contributed by atoms with Gasteiger partial charge in [0, 0.05) is 11.6 Å². The first kappa shape index (κ1) is 13.4. The van der Waals surface area contributed by atoms with Crippen LogP contribution in [0.3, 0.4) is 0 Å². The topological polar surface area (TPSA) is 45.0 Å². The van der Waals surface area contributed by atoms with Crippen molar-refractivity contribution >= 4 is 11.6 Å². The third-order valence-electron chi connectivity index (χ3n) is 2.59. The van der Waals surface area contributed by atoms with Crippen LogP contribution < -0.4 is 10.1 Å². The summed E-state index contributed by atoms with van der Waals surface area (Å²) in [7, 11) is 1.90. The lowest BCUT2D eigenvalue weighted by Crippen LogP contribution is -2.04. The molecule has 0 heterocycles. The van der Waals surface area contributed by atoms with Crippen molar-refractivity contribution < 1.29 is 4.74 Å².